The van der Waals surface area contributed by atoms with E-state index < -0.39 is 0 Å². The first-order valence-electron chi connectivity index (χ1n) is 10.1. The quantitative estimate of drug-likeness (QED) is 0.623. The molecule has 2 aromatic carbocycles. The Balaban J connectivity index is 2.15. The van der Waals surface area contributed by atoms with Crippen LogP contribution < -0.4 is 9.47 Å². The first-order valence-corrected chi connectivity index (χ1v) is 10.1. The number of carbonyl (C=O) groups excluding carboxylic acids is 2. The van der Waals surface area contributed by atoms with Crippen LogP contribution in [0.2, 0.25) is 0 Å². The van der Waals surface area contributed by atoms with Gasteiger partial charge in [0.25, 0.3) is 11.8 Å². The number of nitrogens with zero attached hydrogens (tertiary/aromatic N) is 2. The molecule has 1 heterocycles. The molecule has 30 heavy (non-hydrogen) atoms. The Labute approximate surface area is 177 Å². The standard InChI is InChI=1S/C24H28N2O4/c1-6-25(15-17-10-8-7-9-11-17)22-21(23(27)26(16(2)3)24(22)28)18-12-13-19(29-4)20(14-18)30-5/h7-14,16H,6,15H2,1-5H3. The summed E-state index contributed by atoms with van der Waals surface area (Å²) in [6, 6.07) is 15.0. The molecular formula is C24H28N2O4. The lowest BCUT2D eigenvalue weighted by molar-refractivity contribution is -0.139. The molecule has 1 aliphatic rings. The van der Waals surface area contributed by atoms with Crippen molar-refractivity contribution in [3.63, 3.8) is 0 Å². The molecule has 2 aromatic rings. The zero-order chi connectivity index (χ0) is 21.8. The van der Waals surface area contributed by atoms with E-state index in [1.165, 1.54) is 4.90 Å². The zero-order valence-corrected chi connectivity index (χ0v) is 18.1. The third kappa shape index (κ3) is 3.90. The van der Waals surface area contributed by atoms with Gasteiger partial charge in [-0.05, 0) is 44.0 Å². The van der Waals surface area contributed by atoms with E-state index in [0.29, 0.717) is 41.4 Å². The topological polar surface area (TPSA) is 59.1 Å². The molecule has 0 fully saturated rings. The summed E-state index contributed by atoms with van der Waals surface area (Å²) in [5.41, 5.74) is 2.53. The fourth-order valence-corrected chi connectivity index (χ4v) is 3.70. The number of methoxy groups -OCH3 is 2. The second-order valence-electron chi connectivity index (χ2n) is 7.37. The van der Waals surface area contributed by atoms with Gasteiger partial charge in [0.1, 0.15) is 5.70 Å². The van der Waals surface area contributed by atoms with Gasteiger partial charge in [-0.15, -0.1) is 0 Å². The number of hydrogen-bond acceptors (Lipinski definition) is 5. The van der Waals surface area contributed by atoms with Gasteiger partial charge in [-0.3, -0.25) is 14.5 Å². The summed E-state index contributed by atoms with van der Waals surface area (Å²) < 4.78 is 10.7. The first-order chi connectivity index (χ1) is 14.4. The highest BCUT2D eigenvalue weighted by Gasteiger charge is 2.42. The van der Waals surface area contributed by atoms with Gasteiger partial charge in [0.2, 0.25) is 0 Å². The third-order valence-electron chi connectivity index (χ3n) is 5.19. The van der Waals surface area contributed by atoms with Gasteiger partial charge in [0.05, 0.1) is 19.8 Å². The molecule has 6 heteroatoms. The van der Waals surface area contributed by atoms with Crippen LogP contribution in [-0.2, 0) is 16.1 Å². The number of hydrogen-bond donors (Lipinski definition) is 0. The van der Waals surface area contributed by atoms with Crippen LogP contribution in [0, 0.1) is 0 Å². The third-order valence-corrected chi connectivity index (χ3v) is 5.19. The molecular weight excluding hydrogens is 380 g/mol. The van der Waals surface area contributed by atoms with Gasteiger partial charge < -0.3 is 14.4 Å². The van der Waals surface area contributed by atoms with E-state index in [1.54, 1.807) is 32.4 Å². The normalized spacial score (nSPS) is 14.0. The molecule has 0 atom stereocenters. The maximum Gasteiger partial charge on any atom is 0.278 e. The van der Waals surface area contributed by atoms with E-state index in [2.05, 4.69) is 0 Å². The van der Waals surface area contributed by atoms with Gasteiger partial charge in [-0.2, -0.15) is 0 Å². The summed E-state index contributed by atoms with van der Waals surface area (Å²) >= 11 is 0. The van der Waals surface area contributed by atoms with Gasteiger partial charge >= 0.3 is 0 Å². The predicted octanol–water partition coefficient (Wildman–Crippen LogP) is 3.71. The van der Waals surface area contributed by atoms with Crippen LogP contribution in [0.4, 0.5) is 0 Å². The molecule has 0 spiro atoms. The first kappa shape index (κ1) is 21.4. The monoisotopic (exact) mass is 408 g/mol. The minimum Gasteiger partial charge on any atom is -0.493 e. The predicted molar refractivity (Wildman–Crippen MR) is 116 cm³/mol. The molecule has 1 aliphatic heterocycles. The molecule has 158 valence electrons. The fraction of sp³-hybridized carbons (Fsp3) is 0.333. The van der Waals surface area contributed by atoms with Crippen LogP contribution in [0.3, 0.4) is 0 Å². The molecule has 0 saturated heterocycles. The van der Waals surface area contributed by atoms with E-state index in [0.717, 1.165) is 5.56 Å². The van der Waals surface area contributed by atoms with E-state index in [1.807, 2.05) is 56.0 Å². The minimum absolute atomic E-state index is 0.243. The molecule has 0 aromatic heterocycles. The Morgan fingerprint density at radius 1 is 0.933 bits per heavy atom. The highest BCUT2D eigenvalue weighted by Crippen LogP contribution is 2.37. The smallest absolute Gasteiger partial charge is 0.278 e. The summed E-state index contributed by atoms with van der Waals surface area (Å²) in [5, 5.41) is 0. The molecule has 0 unspecified atom stereocenters. The summed E-state index contributed by atoms with van der Waals surface area (Å²) in [6.07, 6.45) is 0. The molecule has 2 amide bonds. The van der Waals surface area contributed by atoms with Crippen LogP contribution in [0.15, 0.2) is 54.2 Å². The number of amides is 2. The van der Waals surface area contributed by atoms with Crippen molar-refractivity contribution in [2.45, 2.75) is 33.4 Å². The average molecular weight is 408 g/mol. The SMILES string of the molecule is CCN(Cc1ccccc1)C1=C(c2ccc(OC)c(OC)c2)C(=O)N(C(C)C)C1=O. The number of likely N-dealkylation sites (N-methyl/N-ethyl adjacent to an activating group) is 1. The molecule has 3 rings (SSSR count). The van der Waals surface area contributed by atoms with Crippen LogP contribution in [0.5, 0.6) is 11.5 Å². The summed E-state index contributed by atoms with van der Waals surface area (Å²) in [4.78, 5) is 30.0. The van der Waals surface area contributed by atoms with Crippen molar-refractivity contribution in [3.8, 4) is 11.5 Å². The number of imide groups is 1. The lowest BCUT2D eigenvalue weighted by Gasteiger charge is -2.25. The van der Waals surface area contributed by atoms with Crippen LogP contribution in [0.25, 0.3) is 5.57 Å². The Hall–Kier alpha value is -3.28. The van der Waals surface area contributed by atoms with Crippen LogP contribution >= 0.6 is 0 Å². The van der Waals surface area contributed by atoms with Crippen molar-refractivity contribution in [1.82, 2.24) is 9.80 Å². The minimum atomic E-state index is -0.288. The summed E-state index contributed by atoms with van der Waals surface area (Å²) in [7, 11) is 3.11. The van der Waals surface area contributed by atoms with Crippen molar-refractivity contribution in [2.75, 3.05) is 20.8 Å². The molecule has 6 nitrogen and oxygen atoms in total. The number of ether oxygens (including phenoxy) is 2. The van der Waals surface area contributed by atoms with Crippen LogP contribution in [-0.4, -0.2) is 48.4 Å². The highest BCUT2D eigenvalue weighted by molar-refractivity contribution is 6.35. The number of rotatable bonds is 8. The van der Waals surface area contributed by atoms with Gasteiger partial charge in [0.15, 0.2) is 11.5 Å². The summed E-state index contributed by atoms with van der Waals surface area (Å²) in [5.74, 6) is 0.523. The largest absolute Gasteiger partial charge is 0.493 e. The second-order valence-corrected chi connectivity index (χ2v) is 7.37. The lowest BCUT2D eigenvalue weighted by Crippen LogP contribution is -2.39. The number of carbonyl (C=O) groups is 2. The van der Waals surface area contributed by atoms with Gasteiger partial charge in [0, 0.05) is 19.1 Å². The maximum absolute atomic E-state index is 13.4. The molecule has 0 N–H and O–H groups in total. The molecule has 0 saturated carbocycles. The molecule has 0 bridgehead atoms. The fourth-order valence-electron chi connectivity index (χ4n) is 3.70. The van der Waals surface area contributed by atoms with Crippen molar-refractivity contribution in [2.24, 2.45) is 0 Å². The Morgan fingerprint density at radius 2 is 1.60 bits per heavy atom. The Kier molecular flexibility index (Phi) is 6.45. The second kappa shape index (κ2) is 9.03. The maximum atomic E-state index is 13.4. The zero-order valence-electron chi connectivity index (χ0n) is 18.1. The lowest BCUT2D eigenvalue weighted by atomic mass is 10.0. The van der Waals surface area contributed by atoms with Crippen LogP contribution in [0.1, 0.15) is 31.9 Å². The average Bonchev–Trinajstić information content (AvgIpc) is 3.02. The van der Waals surface area contributed by atoms with Crippen molar-refractivity contribution in [1.29, 1.82) is 0 Å². The van der Waals surface area contributed by atoms with E-state index >= 15 is 0 Å². The van der Waals surface area contributed by atoms with Crippen molar-refractivity contribution < 1.29 is 19.1 Å². The van der Waals surface area contributed by atoms with Gasteiger partial charge in [-0.1, -0.05) is 36.4 Å². The molecule has 0 aliphatic carbocycles. The van der Waals surface area contributed by atoms with Crippen molar-refractivity contribution >= 4 is 17.4 Å². The van der Waals surface area contributed by atoms with Gasteiger partial charge in [-0.25, -0.2) is 0 Å². The molecule has 0 radical (unpaired) electrons. The highest BCUT2D eigenvalue weighted by atomic mass is 16.5. The Morgan fingerprint density at radius 3 is 2.17 bits per heavy atom. The van der Waals surface area contributed by atoms with E-state index in [-0.39, 0.29) is 17.9 Å². The van der Waals surface area contributed by atoms with Crippen molar-refractivity contribution in [3.05, 3.63) is 65.4 Å². The van der Waals surface area contributed by atoms with E-state index in [4.69, 9.17) is 9.47 Å². The van der Waals surface area contributed by atoms with E-state index in [9.17, 15) is 9.59 Å². The summed E-state index contributed by atoms with van der Waals surface area (Å²) in [6.45, 7) is 6.80. The number of benzene rings is 2. The Bertz CT molecular complexity index is 966.